The van der Waals surface area contributed by atoms with Gasteiger partial charge in [0.05, 0.1) is 30.7 Å². The zero-order valence-corrected chi connectivity index (χ0v) is 17.1. The second-order valence-corrected chi connectivity index (χ2v) is 6.97. The van der Waals surface area contributed by atoms with E-state index in [-0.39, 0.29) is 29.3 Å². The Hall–Kier alpha value is -2.81. The molecule has 1 saturated heterocycles. The fourth-order valence-electron chi connectivity index (χ4n) is 2.91. The summed E-state index contributed by atoms with van der Waals surface area (Å²) in [5.41, 5.74) is 0.419. The smallest absolute Gasteiger partial charge is 0.282 e. The van der Waals surface area contributed by atoms with Gasteiger partial charge < -0.3 is 19.1 Å². The molecule has 1 aliphatic heterocycles. The van der Waals surface area contributed by atoms with Crippen molar-refractivity contribution in [2.75, 3.05) is 31.8 Å². The minimum absolute atomic E-state index is 0.0682. The normalized spacial score (nSPS) is 17.2. The molecular weight excluding hydrogens is 446 g/mol. The molecule has 11 heteroatoms. The van der Waals surface area contributed by atoms with Gasteiger partial charge in [-0.2, -0.15) is 10.4 Å². The molecule has 0 spiro atoms. The Morgan fingerprint density at radius 3 is 3.00 bits per heavy atom. The Kier molecular flexibility index (Phi) is 6.92. The highest BCUT2D eigenvalue weighted by Crippen LogP contribution is 2.26. The Labute approximate surface area is 174 Å². The Bertz CT molecular complexity index is 976. The number of nitrogens with zero attached hydrogens (tertiary/aromatic N) is 4. The van der Waals surface area contributed by atoms with Gasteiger partial charge in [0.2, 0.25) is 0 Å². The molecule has 2 aromatic rings. The van der Waals surface area contributed by atoms with Crippen molar-refractivity contribution in [2.24, 2.45) is 0 Å². The zero-order valence-electron chi connectivity index (χ0n) is 15.5. The van der Waals surface area contributed by atoms with E-state index in [1.165, 1.54) is 30.6 Å². The predicted molar refractivity (Wildman–Crippen MR) is 105 cm³/mol. The molecule has 1 aliphatic rings. The number of carbonyl (C=O) groups is 1. The summed E-state index contributed by atoms with van der Waals surface area (Å²) in [7, 11) is 1.51. The van der Waals surface area contributed by atoms with Crippen LogP contribution in [0.5, 0.6) is 5.75 Å². The minimum atomic E-state index is -0.668. The number of carbonyl (C=O) groups excluding carboxylic acids is 1. The number of aromatic amines is 1. The van der Waals surface area contributed by atoms with Crippen molar-refractivity contribution < 1.29 is 19.0 Å². The van der Waals surface area contributed by atoms with Gasteiger partial charge in [0.15, 0.2) is 5.75 Å². The van der Waals surface area contributed by atoms with Crippen LogP contribution in [-0.2, 0) is 14.3 Å². The van der Waals surface area contributed by atoms with Crippen LogP contribution in [0, 0.1) is 11.3 Å². The van der Waals surface area contributed by atoms with Gasteiger partial charge in [-0.15, -0.1) is 0 Å². The fraction of sp³-hybridized carbons (Fsp3) is 0.389. The third-order valence-electron chi connectivity index (χ3n) is 4.26. The second-order valence-electron chi connectivity index (χ2n) is 6.18. The molecule has 2 aromatic heterocycles. The summed E-state index contributed by atoms with van der Waals surface area (Å²) in [5.74, 6) is 0.0112. The number of hydrogen-bond donors (Lipinski definition) is 1. The van der Waals surface area contributed by atoms with E-state index in [0.717, 1.165) is 0 Å². The van der Waals surface area contributed by atoms with Crippen molar-refractivity contribution in [2.45, 2.75) is 18.6 Å². The molecular formula is C18H18BrN5O5. The van der Waals surface area contributed by atoms with Crippen LogP contribution in [0.3, 0.4) is 0 Å². The summed E-state index contributed by atoms with van der Waals surface area (Å²) < 4.78 is 16.9. The van der Waals surface area contributed by atoms with Crippen LogP contribution in [0.2, 0.25) is 0 Å². The first-order valence-electron chi connectivity index (χ1n) is 8.71. The lowest BCUT2D eigenvalue weighted by molar-refractivity contribution is -0.129. The van der Waals surface area contributed by atoms with Crippen LogP contribution in [0.4, 0.5) is 5.69 Å². The van der Waals surface area contributed by atoms with E-state index in [1.54, 1.807) is 6.07 Å². The number of aromatic nitrogens is 3. The van der Waals surface area contributed by atoms with Gasteiger partial charge in [-0.05, 0) is 22.0 Å². The maximum absolute atomic E-state index is 12.7. The Morgan fingerprint density at radius 1 is 1.41 bits per heavy atom. The highest BCUT2D eigenvalue weighted by Gasteiger charge is 2.35. The number of anilines is 1. The highest BCUT2D eigenvalue weighted by molar-refractivity contribution is 9.10. The zero-order chi connectivity index (χ0) is 20.8. The molecule has 0 aromatic carbocycles. The van der Waals surface area contributed by atoms with E-state index in [0.29, 0.717) is 24.2 Å². The van der Waals surface area contributed by atoms with E-state index >= 15 is 0 Å². The summed E-state index contributed by atoms with van der Waals surface area (Å²) >= 11 is 3.15. The minimum Gasteiger partial charge on any atom is -0.483 e. The van der Waals surface area contributed by atoms with Crippen LogP contribution >= 0.6 is 15.9 Å². The molecule has 0 aliphatic carbocycles. The Balaban J connectivity index is 1.64. The lowest BCUT2D eigenvalue weighted by atomic mass is 10.2. The summed E-state index contributed by atoms with van der Waals surface area (Å²) in [4.78, 5) is 29.8. The first-order chi connectivity index (χ1) is 14.0. The van der Waals surface area contributed by atoms with Gasteiger partial charge >= 0.3 is 0 Å². The van der Waals surface area contributed by atoms with Crippen molar-refractivity contribution in [1.29, 1.82) is 5.26 Å². The molecule has 0 radical (unpaired) electrons. The van der Waals surface area contributed by atoms with Gasteiger partial charge in [-0.3, -0.25) is 14.6 Å². The molecule has 2 atom stereocenters. The standard InChI is InChI=1S/C18H18BrN5O5/c1-27-9-12(29-15-8-22-23-17(25)16(15)19)10-28-14-3-5-24(18(14)26)13-2-4-21-7-11(13)6-20/h2,4,7-8,12,14H,3,5,9-10H2,1H3,(H,23,25)/t12-,14+/m0/s1. The number of H-pyrrole nitrogens is 1. The SMILES string of the molecule is COC[C@@H](CO[C@@H]1CCN(c2ccncc2C#N)C1=O)Oc1cn[nH]c(=O)c1Br. The van der Waals surface area contributed by atoms with Crippen LogP contribution in [-0.4, -0.2) is 60.2 Å². The number of nitrogens with one attached hydrogen (secondary N) is 1. The lowest BCUT2D eigenvalue weighted by Crippen LogP contribution is -2.35. The largest absolute Gasteiger partial charge is 0.483 e. The van der Waals surface area contributed by atoms with E-state index in [1.807, 2.05) is 6.07 Å². The van der Waals surface area contributed by atoms with Crippen LogP contribution < -0.4 is 15.2 Å². The number of pyridine rings is 1. The highest BCUT2D eigenvalue weighted by atomic mass is 79.9. The average molecular weight is 464 g/mol. The first-order valence-corrected chi connectivity index (χ1v) is 9.50. The molecule has 29 heavy (non-hydrogen) atoms. The van der Waals surface area contributed by atoms with Crippen molar-refractivity contribution in [3.05, 3.63) is 45.0 Å². The maximum atomic E-state index is 12.7. The molecule has 3 rings (SSSR count). The summed E-state index contributed by atoms with van der Waals surface area (Å²) in [5, 5.41) is 15.2. The van der Waals surface area contributed by atoms with Gasteiger partial charge in [0.25, 0.3) is 11.5 Å². The van der Waals surface area contributed by atoms with Crippen molar-refractivity contribution in [1.82, 2.24) is 15.2 Å². The molecule has 152 valence electrons. The second kappa shape index (κ2) is 9.60. The number of halogens is 1. The van der Waals surface area contributed by atoms with Crippen molar-refractivity contribution >= 4 is 27.5 Å². The quantitative estimate of drug-likeness (QED) is 0.613. The van der Waals surface area contributed by atoms with Crippen molar-refractivity contribution in [3.8, 4) is 11.8 Å². The molecule has 1 amide bonds. The van der Waals surface area contributed by atoms with Crippen molar-refractivity contribution in [3.63, 3.8) is 0 Å². The monoisotopic (exact) mass is 463 g/mol. The summed E-state index contributed by atoms with van der Waals surface area (Å²) in [6.07, 6.45) is 3.57. The van der Waals surface area contributed by atoms with Crippen LogP contribution in [0.25, 0.3) is 0 Å². The summed E-state index contributed by atoms with van der Waals surface area (Å²) in [6.45, 7) is 0.688. The van der Waals surface area contributed by atoms with Crippen LogP contribution in [0.15, 0.2) is 33.9 Å². The predicted octanol–water partition coefficient (Wildman–Crippen LogP) is 1.01. The van der Waals surface area contributed by atoms with Gasteiger partial charge in [0.1, 0.15) is 22.7 Å². The average Bonchev–Trinajstić information content (AvgIpc) is 3.10. The molecule has 1 fully saturated rings. The molecule has 0 unspecified atom stereocenters. The van der Waals surface area contributed by atoms with E-state index in [9.17, 15) is 14.9 Å². The molecule has 1 N–H and O–H groups in total. The maximum Gasteiger partial charge on any atom is 0.282 e. The number of rotatable bonds is 8. The molecule has 0 bridgehead atoms. The van der Waals surface area contributed by atoms with E-state index in [2.05, 4.69) is 31.1 Å². The lowest BCUT2D eigenvalue weighted by Gasteiger charge is -2.21. The molecule has 0 saturated carbocycles. The number of amides is 1. The van der Waals surface area contributed by atoms with Gasteiger partial charge in [-0.25, -0.2) is 5.10 Å². The molecule has 10 nitrogen and oxygen atoms in total. The third-order valence-corrected chi connectivity index (χ3v) is 5.01. The van der Waals surface area contributed by atoms with Gasteiger partial charge in [0, 0.05) is 32.5 Å². The molecule has 3 heterocycles. The number of nitriles is 1. The number of hydrogen-bond acceptors (Lipinski definition) is 8. The number of methoxy groups -OCH3 is 1. The fourth-order valence-corrected chi connectivity index (χ4v) is 3.20. The summed E-state index contributed by atoms with van der Waals surface area (Å²) in [6, 6.07) is 3.67. The van der Waals surface area contributed by atoms with Gasteiger partial charge in [-0.1, -0.05) is 0 Å². The van der Waals surface area contributed by atoms with Crippen LogP contribution in [0.1, 0.15) is 12.0 Å². The first kappa shape index (κ1) is 20.9. The topological polar surface area (TPSA) is 130 Å². The van der Waals surface area contributed by atoms with E-state index in [4.69, 9.17) is 14.2 Å². The number of ether oxygens (including phenoxy) is 3. The Morgan fingerprint density at radius 2 is 2.24 bits per heavy atom. The van der Waals surface area contributed by atoms with E-state index < -0.39 is 17.8 Å². The third kappa shape index (κ3) is 4.79.